The smallest absolute Gasteiger partial charge is 0.339 e. The molecule has 114 valence electrons. The molecule has 0 aliphatic heterocycles. The van der Waals surface area contributed by atoms with Crippen molar-refractivity contribution in [2.24, 2.45) is 0 Å². The molecule has 0 aliphatic rings. The Morgan fingerprint density at radius 2 is 1.86 bits per heavy atom. The molecule has 0 aliphatic carbocycles. The molecule has 0 radical (unpaired) electrons. The number of carbonyl (C=O) groups excluding carboxylic acids is 1. The van der Waals surface area contributed by atoms with E-state index in [0.717, 1.165) is 10.7 Å². The predicted octanol–water partition coefficient (Wildman–Crippen LogP) is 4.77. The van der Waals surface area contributed by atoms with Gasteiger partial charge in [0.25, 0.3) is 5.69 Å². The van der Waals surface area contributed by atoms with Crippen molar-refractivity contribution in [2.45, 2.75) is 6.61 Å². The molecule has 0 unspecified atom stereocenters. The highest BCUT2D eigenvalue weighted by Gasteiger charge is 2.18. The number of para-hydroxylation sites is 1. The Kier molecular flexibility index (Phi) is 6.37. The van der Waals surface area contributed by atoms with Crippen LogP contribution in [0.3, 0.4) is 0 Å². The van der Waals surface area contributed by atoms with Crippen molar-refractivity contribution in [3.05, 3.63) is 68.3 Å². The Balaban J connectivity index is 2.19. The Morgan fingerprint density at radius 1 is 1.18 bits per heavy atom. The number of rotatable bonds is 4. The lowest BCUT2D eigenvalue weighted by atomic mass is 10.2. The molecule has 0 N–H and O–H groups in total. The van der Waals surface area contributed by atoms with Gasteiger partial charge in [0.2, 0.25) is 0 Å². The van der Waals surface area contributed by atoms with Crippen LogP contribution in [0.1, 0.15) is 15.9 Å². The van der Waals surface area contributed by atoms with Crippen LogP contribution in [-0.4, -0.2) is 10.9 Å². The number of nitrogens with zero attached hydrogens (tertiary/aromatic N) is 1. The maximum absolute atomic E-state index is 12.2. The van der Waals surface area contributed by atoms with Gasteiger partial charge < -0.3 is 4.74 Å². The fourth-order valence-corrected chi connectivity index (χ4v) is 4.11. The third kappa shape index (κ3) is 4.28. The monoisotopic (exact) mass is 635 g/mol. The summed E-state index contributed by atoms with van der Waals surface area (Å²) >= 11 is 6.37. The molecular formula is C14H8I3NO4. The fraction of sp³-hybridized carbons (Fsp3) is 0.0714. The van der Waals surface area contributed by atoms with Crippen LogP contribution in [0.2, 0.25) is 0 Å². The highest BCUT2D eigenvalue weighted by Crippen LogP contribution is 2.24. The van der Waals surface area contributed by atoms with Crippen molar-refractivity contribution >= 4 is 79.4 Å². The van der Waals surface area contributed by atoms with E-state index < -0.39 is 10.9 Å². The lowest BCUT2D eigenvalue weighted by molar-refractivity contribution is -0.385. The van der Waals surface area contributed by atoms with Crippen molar-refractivity contribution in [3.63, 3.8) is 0 Å². The number of halogens is 3. The van der Waals surface area contributed by atoms with Gasteiger partial charge in [-0.25, -0.2) is 4.79 Å². The minimum Gasteiger partial charge on any atom is -0.457 e. The summed E-state index contributed by atoms with van der Waals surface area (Å²) in [6.45, 7) is -0.131. The number of esters is 1. The predicted molar refractivity (Wildman–Crippen MR) is 107 cm³/mol. The van der Waals surface area contributed by atoms with Crippen LogP contribution in [0.5, 0.6) is 0 Å². The van der Waals surface area contributed by atoms with Gasteiger partial charge in [0.15, 0.2) is 0 Å². The molecule has 0 atom stereocenters. The van der Waals surface area contributed by atoms with Crippen molar-refractivity contribution in [1.29, 1.82) is 0 Å². The van der Waals surface area contributed by atoms with Gasteiger partial charge in [-0.1, -0.05) is 12.1 Å². The topological polar surface area (TPSA) is 69.4 Å². The normalized spacial score (nSPS) is 10.3. The number of carbonyl (C=O) groups is 1. The molecule has 0 fully saturated rings. The molecule has 2 aromatic carbocycles. The number of nitro benzene ring substituents is 1. The summed E-state index contributed by atoms with van der Waals surface area (Å²) in [5, 5.41) is 10.9. The van der Waals surface area contributed by atoms with E-state index in [0.29, 0.717) is 11.1 Å². The second-order valence-corrected chi connectivity index (χ2v) is 7.70. The third-order valence-corrected chi connectivity index (χ3v) is 6.43. The average molecular weight is 635 g/mol. The molecule has 0 spiro atoms. The van der Waals surface area contributed by atoms with Gasteiger partial charge in [-0.15, -0.1) is 0 Å². The molecule has 8 heteroatoms. The first-order valence-corrected chi connectivity index (χ1v) is 9.17. The molecule has 5 nitrogen and oxygen atoms in total. The Hall–Kier alpha value is -0.500. The largest absolute Gasteiger partial charge is 0.457 e. The van der Waals surface area contributed by atoms with Gasteiger partial charge in [0.05, 0.1) is 16.1 Å². The average Bonchev–Trinajstić information content (AvgIpc) is 2.48. The third-order valence-electron chi connectivity index (χ3n) is 2.76. The van der Waals surface area contributed by atoms with Gasteiger partial charge in [0.1, 0.15) is 6.61 Å². The van der Waals surface area contributed by atoms with Gasteiger partial charge in [0, 0.05) is 16.8 Å². The Bertz CT molecular complexity index is 749. The second-order valence-electron chi connectivity index (χ2n) is 4.21. The first-order chi connectivity index (χ1) is 10.4. The molecule has 0 amide bonds. The summed E-state index contributed by atoms with van der Waals surface area (Å²) in [6, 6.07) is 9.92. The molecule has 0 bridgehead atoms. The summed E-state index contributed by atoms with van der Waals surface area (Å²) in [5.74, 6) is -0.487. The highest BCUT2D eigenvalue weighted by atomic mass is 127. The van der Waals surface area contributed by atoms with Crippen LogP contribution < -0.4 is 0 Å². The lowest BCUT2D eigenvalue weighted by Crippen LogP contribution is -2.09. The molecule has 0 aromatic heterocycles. The van der Waals surface area contributed by atoms with Gasteiger partial charge in [-0.3, -0.25) is 10.1 Å². The molecule has 0 heterocycles. The van der Waals surface area contributed by atoms with E-state index in [1.165, 1.54) is 6.07 Å². The van der Waals surface area contributed by atoms with E-state index in [9.17, 15) is 14.9 Å². The second kappa shape index (κ2) is 7.86. The number of hydrogen-bond donors (Lipinski definition) is 0. The maximum Gasteiger partial charge on any atom is 0.339 e. The summed E-state index contributed by atoms with van der Waals surface area (Å²) in [7, 11) is 0. The summed E-state index contributed by atoms with van der Waals surface area (Å²) in [5.41, 5.74) is 0.786. The quantitative estimate of drug-likeness (QED) is 0.160. The molecule has 0 saturated heterocycles. The van der Waals surface area contributed by atoms with Crippen molar-refractivity contribution in [2.75, 3.05) is 0 Å². The van der Waals surface area contributed by atoms with Crippen LogP contribution >= 0.6 is 67.8 Å². The van der Waals surface area contributed by atoms with Crippen molar-refractivity contribution in [1.82, 2.24) is 0 Å². The van der Waals surface area contributed by atoms with Crippen LogP contribution in [0.25, 0.3) is 0 Å². The number of benzene rings is 2. The van der Waals surface area contributed by atoms with Gasteiger partial charge >= 0.3 is 5.97 Å². The SMILES string of the molecule is O=C(OCc1ccccc1[N+](=O)[O-])c1cc(I)cc(I)c1I. The zero-order chi connectivity index (χ0) is 16.3. The summed E-state index contributed by atoms with van der Waals surface area (Å²) < 4.78 is 7.94. The maximum atomic E-state index is 12.2. The number of ether oxygens (including phenoxy) is 1. The van der Waals surface area contributed by atoms with Gasteiger partial charge in [-0.2, -0.15) is 0 Å². The van der Waals surface area contributed by atoms with E-state index in [1.54, 1.807) is 24.3 Å². The summed E-state index contributed by atoms with van der Waals surface area (Å²) in [6.07, 6.45) is 0. The Morgan fingerprint density at radius 3 is 2.55 bits per heavy atom. The van der Waals surface area contributed by atoms with E-state index in [-0.39, 0.29) is 12.3 Å². The van der Waals surface area contributed by atoms with Crippen LogP contribution in [-0.2, 0) is 11.3 Å². The van der Waals surface area contributed by atoms with E-state index in [1.807, 2.05) is 6.07 Å². The minimum atomic E-state index is -0.487. The number of hydrogen-bond acceptors (Lipinski definition) is 4. The van der Waals surface area contributed by atoms with Crippen molar-refractivity contribution in [3.8, 4) is 0 Å². The fourth-order valence-electron chi connectivity index (χ4n) is 1.74. The summed E-state index contributed by atoms with van der Waals surface area (Å²) in [4.78, 5) is 22.7. The zero-order valence-corrected chi connectivity index (χ0v) is 17.4. The number of nitro groups is 1. The van der Waals surface area contributed by atoms with Crippen LogP contribution in [0.15, 0.2) is 36.4 Å². The van der Waals surface area contributed by atoms with E-state index in [2.05, 4.69) is 67.8 Å². The molecule has 22 heavy (non-hydrogen) atoms. The first kappa shape index (κ1) is 17.8. The molecular weight excluding hydrogens is 627 g/mol. The highest BCUT2D eigenvalue weighted by molar-refractivity contribution is 14.1. The van der Waals surface area contributed by atoms with Crippen LogP contribution in [0.4, 0.5) is 5.69 Å². The molecule has 2 rings (SSSR count). The standard InChI is InChI=1S/C14H8I3NO4/c15-9-5-10(13(17)11(16)6-9)14(19)22-7-8-3-1-2-4-12(8)18(20)21/h1-6H,7H2. The van der Waals surface area contributed by atoms with Crippen molar-refractivity contribution < 1.29 is 14.5 Å². The Labute approximate surface area is 167 Å². The first-order valence-electron chi connectivity index (χ1n) is 5.94. The molecule has 0 saturated carbocycles. The zero-order valence-electron chi connectivity index (χ0n) is 10.9. The minimum absolute atomic E-state index is 0.0535. The lowest BCUT2D eigenvalue weighted by Gasteiger charge is -2.09. The van der Waals surface area contributed by atoms with E-state index >= 15 is 0 Å². The van der Waals surface area contributed by atoms with Gasteiger partial charge in [-0.05, 0) is 86.0 Å². The van der Waals surface area contributed by atoms with E-state index in [4.69, 9.17) is 4.74 Å². The molecule has 2 aromatic rings. The van der Waals surface area contributed by atoms with Crippen LogP contribution in [0, 0.1) is 20.8 Å².